The van der Waals surface area contributed by atoms with Crippen molar-refractivity contribution in [1.82, 2.24) is 15.1 Å². The van der Waals surface area contributed by atoms with Gasteiger partial charge in [0, 0.05) is 16.6 Å². The Kier molecular flexibility index (Phi) is 8.49. The number of hydrogen-bond acceptors (Lipinski definition) is 6. The molecule has 2 aromatic carbocycles. The van der Waals surface area contributed by atoms with Gasteiger partial charge in [-0.25, -0.2) is 12.8 Å². The maximum absolute atomic E-state index is 14.0. The molecule has 12 heteroatoms. The molecule has 3 aromatic rings. The van der Waals surface area contributed by atoms with Crippen LogP contribution in [0.5, 0.6) is 0 Å². The van der Waals surface area contributed by atoms with E-state index in [-0.39, 0.29) is 12.4 Å². The lowest BCUT2D eigenvalue weighted by molar-refractivity contribution is 0.103. The molecule has 0 unspecified atom stereocenters. The van der Waals surface area contributed by atoms with Gasteiger partial charge in [-0.3, -0.25) is 4.31 Å². The molecule has 210 valence electrons. The first-order valence-electron chi connectivity index (χ1n) is 13.1. The van der Waals surface area contributed by atoms with Gasteiger partial charge < -0.3 is 9.32 Å². The van der Waals surface area contributed by atoms with Crippen LogP contribution >= 0.6 is 11.6 Å². The van der Waals surface area contributed by atoms with E-state index in [2.05, 4.69) is 15.1 Å². The Morgan fingerprint density at radius 1 is 1.00 bits per heavy atom. The van der Waals surface area contributed by atoms with Crippen molar-refractivity contribution in [3.05, 3.63) is 65.0 Å². The van der Waals surface area contributed by atoms with E-state index in [0.29, 0.717) is 66.7 Å². The Labute approximate surface area is 231 Å². The summed E-state index contributed by atoms with van der Waals surface area (Å²) in [4.78, 5) is 2.32. The van der Waals surface area contributed by atoms with E-state index in [1.54, 1.807) is 48.5 Å². The third kappa shape index (κ3) is 6.41. The van der Waals surface area contributed by atoms with Gasteiger partial charge in [-0.15, -0.1) is 10.2 Å². The highest BCUT2D eigenvalue weighted by molar-refractivity contribution is 7.93. The fraction of sp³-hybridized carbons (Fsp3) is 0.481. The molecule has 0 radical (unpaired) electrons. The maximum Gasteiger partial charge on any atom is 0.314 e. The smallest absolute Gasteiger partial charge is 0.314 e. The summed E-state index contributed by atoms with van der Waals surface area (Å²) in [7, 11) is -3.76. The summed E-state index contributed by atoms with van der Waals surface area (Å²) in [6.07, 6.45) is 0.191. The van der Waals surface area contributed by atoms with Crippen LogP contribution in [0.25, 0.3) is 11.5 Å². The summed E-state index contributed by atoms with van der Waals surface area (Å²) in [6.45, 7) is 1.39. The van der Waals surface area contributed by atoms with E-state index in [4.69, 9.17) is 16.0 Å². The normalized spacial score (nSPS) is 21.4. The van der Waals surface area contributed by atoms with Gasteiger partial charge >= 0.3 is 6.43 Å². The predicted molar refractivity (Wildman–Crippen MR) is 143 cm³/mol. The Balaban J connectivity index is 1.33. The van der Waals surface area contributed by atoms with E-state index in [1.807, 2.05) is 0 Å². The van der Waals surface area contributed by atoms with Gasteiger partial charge in [-0.1, -0.05) is 29.8 Å². The largest absolute Gasteiger partial charge is 0.415 e. The predicted octanol–water partition coefficient (Wildman–Crippen LogP) is 6.41. The first-order chi connectivity index (χ1) is 18.7. The van der Waals surface area contributed by atoms with Crippen LogP contribution in [0.1, 0.15) is 56.4 Å². The van der Waals surface area contributed by atoms with E-state index in [0.717, 1.165) is 12.8 Å². The second-order valence-corrected chi connectivity index (χ2v) is 12.7. The zero-order valence-corrected chi connectivity index (χ0v) is 22.8. The highest BCUT2D eigenvalue weighted by atomic mass is 35.5. The Morgan fingerprint density at radius 2 is 1.69 bits per heavy atom. The molecule has 39 heavy (non-hydrogen) atoms. The van der Waals surface area contributed by atoms with Crippen molar-refractivity contribution in [2.24, 2.45) is 0 Å². The average molecular weight is 583 g/mol. The molecule has 0 amide bonds. The summed E-state index contributed by atoms with van der Waals surface area (Å²) < 4.78 is 73.6. The number of hydrogen-bond donors (Lipinski definition) is 0. The van der Waals surface area contributed by atoms with Crippen molar-refractivity contribution < 1.29 is 26.0 Å². The molecule has 0 bridgehead atoms. The van der Waals surface area contributed by atoms with Crippen molar-refractivity contribution in [2.45, 2.75) is 69.0 Å². The summed E-state index contributed by atoms with van der Waals surface area (Å²) in [5, 5.41) is 6.87. The van der Waals surface area contributed by atoms with E-state index in [1.165, 1.54) is 4.31 Å². The van der Waals surface area contributed by atoms with Crippen LogP contribution in [0.15, 0.2) is 52.9 Å². The lowest BCUT2D eigenvalue weighted by atomic mass is 9.91. The van der Waals surface area contributed by atoms with E-state index in [9.17, 15) is 21.6 Å². The van der Waals surface area contributed by atoms with Crippen LogP contribution in [0.4, 0.5) is 18.9 Å². The first-order valence-corrected chi connectivity index (χ1v) is 14.9. The SMILES string of the molecule is O=S(=O)(C1CCN([C@H]2CC[C@@H](F)CC2)CC1)N(Cc1ccc(-c2nnc(C(F)F)o2)cc1)c1cccc(Cl)c1. The molecule has 1 saturated carbocycles. The number of aromatic nitrogens is 2. The molecule has 1 aliphatic carbocycles. The second-order valence-electron chi connectivity index (χ2n) is 10.1. The number of nitrogens with zero attached hydrogens (tertiary/aromatic N) is 4. The summed E-state index contributed by atoms with van der Waals surface area (Å²) in [5.74, 6) is -0.795. The Morgan fingerprint density at radius 3 is 2.31 bits per heavy atom. The number of anilines is 1. The molecule has 0 spiro atoms. The van der Waals surface area contributed by atoms with Gasteiger partial charge in [-0.05, 0) is 87.5 Å². The van der Waals surface area contributed by atoms with Gasteiger partial charge in [0.2, 0.25) is 15.9 Å². The van der Waals surface area contributed by atoms with Crippen molar-refractivity contribution in [1.29, 1.82) is 0 Å². The van der Waals surface area contributed by atoms with Crippen molar-refractivity contribution in [2.75, 3.05) is 17.4 Å². The number of sulfonamides is 1. The van der Waals surface area contributed by atoms with Gasteiger partial charge in [0.05, 0.1) is 17.5 Å². The number of rotatable bonds is 8. The van der Waals surface area contributed by atoms with Crippen LogP contribution in [0, 0.1) is 0 Å². The molecule has 7 nitrogen and oxygen atoms in total. The first kappa shape index (κ1) is 27.9. The van der Waals surface area contributed by atoms with Crippen molar-refractivity contribution in [3.8, 4) is 11.5 Å². The molecular weight excluding hydrogens is 553 g/mol. The van der Waals surface area contributed by atoms with E-state index >= 15 is 0 Å². The van der Waals surface area contributed by atoms with Gasteiger partial charge in [0.25, 0.3) is 5.89 Å². The summed E-state index contributed by atoms with van der Waals surface area (Å²) >= 11 is 6.22. The average Bonchev–Trinajstić information content (AvgIpc) is 3.43. The fourth-order valence-corrected chi connectivity index (χ4v) is 7.52. The van der Waals surface area contributed by atoms with Gasteiger partial charge in [0.1, 0.15) is 6.17 Å². The lowest BCUT2D eigenvalue weighted by Gasteiger charge is -2.40. The zero-order chi connectivity index (χ0) is 27.6. The summed E-state index contributed by atoms with van der Waals surface area (Å²) in [6, 6.07) is 13.7. The molecule has 2 fully saturated rings. The fourth-order valence-electron chi connectivity index (χ4n) is 5.44. The number of likely N-dealkylation sites (tertiary alicyclic amines) is 1. The van der Waals surface area contributed by atoms with Gasteiger partial charge in [0.15, 0.2) is 0 Å². The third-order valence-corrected chi connectivity index (χ3v) is 10.1. The van der Waals surface area contributed by atoms with Crippen molar-refractivity contribution >= 4 is 27.3 Å². The topological polar surface area (TPSA) is 79.5 Å². The van der Waals surface area contributed by atoms with Crippen LogP contribution in [0.2, 0.25) is 5.02 Å². The van der Waals surface area contributed by atoms with Gasteiger partial charge in [-0.2, -0.15) is 8.78 Å². The van der Waals surface area contributed by atoms with E-state index < -0.39 is 33.8 Å². The number of halogens is 4. The van der Waals surface area contributed by atoms with Crippen molar-refractivity contribution in [3.63, 3.8) is 0 Å². The van der Waals surface area contributed by atoms with Crippen LogP contribution in [0.3, 0.4) is 0 Å². The highest BCUT2D eigenvalue weighted by Crippen LogP contribution is 2.33. The van der Waals surface area contributed by atoms with Crippen LogP contribution in [-0.2, 0) is 16.6 Å². The van der Waals surface area contributed by atoms with Crippen LogP contribution in [-0.4, -0.2) is 54.1 Å². The molecule has 0 atom stereocenters. The zero-order valence-electron chi connectivity index (χ0n) is 21.2. The third-order valence-electron chi connectivity index (χ3n) is 7.60. The monoisotopic (exact) mass is 582 g/mol. The Hall–Kier alpha value is -2.63. The number of piperidine rings is 1. The molecule has 1 aliphatic heterocycles. The molecule has 1 saturated heterocycles. The highest BCUT2D eigenvalue weighted by Gasteiger charge is 2.37. The minimum absolute atomic E-state index is 0.0390. The minimum atomic E-state index is -3.76. The molecule has 5 rings (SSSR count). The Bertz CT molecular complexity index is 1360. The molecular formula is C27H30ClF3N4O3S. The second kappa shape index (κ2) is 11.9. The van der Waals surface area contributed by atoms with Crippen LogP contribution < -0.4 is 4.31 Å². The number of alkyl halides is 3. The standard InChI is InChI=1S/C27H30ClF3N4O3S/c28-20-2-1-3-23(16-20)35(17-18-4-6-19(7-5-18)26-32-33-27(38-26)25(30)31)39(36,37)24-12-14-34(15-13-24)22-10-8-21(29)9-11-22/h1-7,16,21-22,24-25H,8-15,17H2/t21-,22+. The molecule has 1 aromatic heterocycles. The molecule has 2 heterocycles. The molecule has 2 aliphatic rings. The maximum atomic E-state index is 14.0. The minimum Gasteiger partial charge on any atom is -0.415 e. The quantitative estimate of drug-likeness (QED) is 0.305. The number of benzene rings is 2. The molecule has 0 N–H and O–H groups in total. The lowest BCUT2D eigenvalue weighted by Crippen LogP contribution is -2.49. The summed E-state index contributed by atoms with van der Waals surface area (Å²) in [5.41, 5.74) is 1.61.